The largest absolute Gasteiger partial charge is 0.143 e. The van der Waals surface area contributed by atoms with Crippen molar-refractivity contribution in [2.45, 2.75) is 66.2 Å². The maximum Gasteiger partial charge on any atom is 0.0105 e. The lowest BCUT2D eigenvalue weighted by molar-refractivity contribution is 0.921. The van der Waals surface area contributed by atoms with Gasteiger partial charge in [-0.15, -0.1) is 12.6 Å². The predicted octanol–water partition coefficient (Wildman–Crippen LogP) is 7.42. The molecule has 1 aliphatic carbocycles. The molecule has 1 atom stereocenters. The molecular formula is C25H28S. The van der Waals surface area contributed by atoms with Gasteiger partial charge in [0.2, 0.25) is 0 Å². The summed E-state index contributed by atoms with van der Waals surface area (Å²) in [5.41, 5.74) is 15.6. The quantitative estimate of drug-likeness (QED) is 0.396. The maximum absolute atomic E-state index is 4.83. The van der Waals surface area contributed by atoms with Gasteiger partial charge in [-0.3, -0.25) is 0 Å². The zero-order valence-corrected chi connectivity index (χ0v) is 18.1. The van der Waals surface area contributed by atoms with E-state index in [1.165, 1.54) is 72.0 Å². The Morgan fingerprint density at radius 2 is 1.27 bits per heavy atom. The third-order valence-corrected chi connectivity index (χ3v) is 7.72. The monoisotopic (exact) mass is 360 g/mol. The lowest BCUT2D eigenvalue weighted by atomic mass is 9.87. The van der Waals surface area contributed by atoms with Gasteiger partial charge >= 0.3 is 0 Å². The molecule has 3 aromatic rings. The summed E-state index contributed by atoms with van der Waals surface area (Å²) in [7, 11) is 0. The highest BCUT2D eigenvalue weighted by Crippen LogP contribution is 2.52. The first-order valence-electron chi connectivity index (χ1n) is 9.53. The molecule has 0 aliphatic heterocycles. The van der Waals surface area contributed by atoms with Crippen molar-refractivity contribution in [3.8, 4) is 11.1 Å². The molecule has 4 rings (SSSR count). The Hall–Kier alpha value is -1.73. The van der Waals surface area contributed by atoms with Crippen LogP contribution in [0.15, 0.2) is 17.0 Å². The van der Waals surface area contributed by atoms with Gasteiger partial charge < -0.3 is 0 Å². The zero-order chi connectivity index (χ0) is 19.1. The molecule has 0 spiro atoms. The maximum atomic E-state index is 4.83. The van der Waals surface area contributed by atoms with Crippen molar-refractivity contribution in [2.24, 2.45) is 0 Å². The fourth-order valence-electron chi connectivity index (χ4n) is 5.13. The van der Waals surface area contributed by atoms with E-state index in [0.717, 1.165) is 4.90 Å². The van der Waals surface area contributed by atoms with Crippen LogP contribution in [-0.4, -0.2) is 0 Å². The van der Waals surface area contributed by atoms with E-state index in [0.29, 0.717) is 5.92 Å². The van der Waals surface area contributed by atoms with E-state index in [9.17, 15) is 0 Å². The molecule has 0 saturated heterocycles. The van der Waals surface area contributed by atoms with Gasteiger partial charge in [-0.05, 0) is 127 Å². The molecule has 0 amide bonds. The summed E-state index contributed by atoms with van der Waals surface area (Å²) in [4.78, 5) is 1.16. The van der Waals surface area contributed by atoms with E-state index in [1.54, 1.807) is 0 Å². The summed E-state index contributed by atoms with van der Waals surface area (Å²) in [5.74, 6) is 0.427. The molecular weight excluding hydrogens is 332 g/mol. The molecule has 134 valence electrons. The molecule has 0 saturated carbocycles. The number of hydrogen-bond donors (Lipinski definition) is 1. The first-order chi connectivity index (χ1) is 12.2. The minimum absolute atomic E-state index is 0.427. The van der Waals surface area contributed by atoms with Crippen LogP contribution in [0, 0.1) is 48.5 Å². The lowest BCUT2D eigenvalue weighted by Gasteiger charge is -2.17. The van der Waals surface area contributed by atoms with Crippen LogP contribution in [0.4, 0.5) is 0 Å². The highest BCUT2D eigenvalue weighted by Gasteiger charge is 2.32. The molecule has 0 heterocycles. The molecule has 0 nitrogen and oxygen atoms in total. The van der Waals surface area contributed by atoms with Crippen molar-refractivity contribution < 1.29 is 0 Å². The standard InChI is InChI=1S/C25H28S/c1-11-9-19-16(6)22-17(7)23-18(8)25(26)15(5)14(4)24(23)21(22)10-20(19)13(3)12(11)2/h9-10,17,26H,1-8H3. The summed E-state index contributed by atoms with van der Waals surface area (Å²) >= 11 is 4.83. The van der Waals surface area contributed by atoms with Crippen molar-refractivity contribution in [3.63, 3.8) is 0 Å². The molecule has 3 aromatic carbocycles. The van der Waals surface area contributed by atoms with Crippen LogP contribution in [0.25, 0.3) is 21.9 Å². The van der Waals surface area contributed by atoms with Crippen LogP contribution in [-0.2, 0) is 0 Å². The van der Waals surface area contributed by atoms with E-state index in [2.05, 4.69) is 67.5 Å². The summed E-state index contributed by atoms with van der Waals surface area (Å²) in [6.45, 7) is 18.2. The van der Waals surface area contributed by atoms with E-state index in [-0.39, 0.29) is 0 Å². The highest BCUT2D eigenvalue weighted by atomic mass is 32.1. The average Bonchev–Trinajstić information content (AvgIpc) is 2.90. The zero-order valence-electron chi connectivity index (χ0n) is 17.2. The van der Waals surface area contributed by atoms with Crippen molar-refractivity contribution in [3.05, 3.63) is 62.2 Å². The lowest BCUT2D eigenvalue weighted by Crippen LogP contribution is -1.99. The van der Waals surface area contributed by atoms with Crippen LogP contribution in [0.1, 0.15) is 62.9 Å². The van der Waals surface area contributed by atoms with Crippen LogP contribution in [0.5, 0.6) is 0 Å². The second kappa shape index (κ2) is 5.63. The first kappa shape index (κ1) is 17.7. The van der Waals surface area contributed by atoms with Crippen molar-refractivity contribution in [1.82, 2.24) is 0 Å². The van der Waals surface area contributed by atoms with Crippen LogP contribution < -0.4 is 0 Å². The predicted molar refractivity (Wildman–Crippen MR) is 117 cm³/mol. The second-order valence-corrected chi connectivity index (χ2v) is 8.68. The SMILES string of the molecule is Cc1cc2c(C)c3c(cc2c(C)c1C)-c1c(C)c(C)c(S)c(C)c1C3C. The summed E-state index contributed by atoms with van der Waals surface area (Å²) < 4.78 is 0. The van der Waals surface area contributed by atoms with Gasteiger partial charge in [0.15, 0.2) is 0 Å². The Labute approximate surface area is 163 Å². The molecule has 0 fully saturated rings. The molecule has 1 heteroatoms. The number of aryl methyl sites for hydroxylation is 3. The molecule has 26 heavy (non-hydrogen) atoms. The number of fused-ring (bicyclic) bond motifs is 4. The molecule has 0 radical (unpaired) electrons. The van der Waals surface area contributed by atoms with Crippen molar-refractivity contribution in [2.75, 3.05) is 0 Å². The molecule has 0 N–H and O–H groups in total. The van der Waals surface area contributed by atoms with E-state index >= 15 is 0 Å². The normalized spacial score (nSPS) is 15.5. The van der Waals surface area contributed by atoms with E-state index in [1.807, 2.05) is 0 Å². The van der Waals surface area contributed by atoms with Crippen molar-refractivity contribution >= 4 is 23.4 Å². The Morgan fingerprint density at radius 1 is 0.654 bits per heavy atom. The molecule has 1 unspecified atom stereocenters. The number of thiol groups is 1. The Balaban J connectivity index is 2.21. The summed E-state index contributed by atoms with van der Waals surface area (Å²) in [6, 6.07) is 4.85. The minimum Gasteiger partial charge on any atom is -0.143 e. The van der Waals surface area contributed by atoms with Gasteiger partial charge in [-0.2, -0.15) is 0 Å². The Kier molecular flexibility index (Phi) is 3.83. The molecule has 0 bridgehead atoms. The van der Waals surface area contributed by atoms with E-state index in [4.69, 9.17) is 12.6 Å². The van der Waals surface area contributed by atoms with Crippen LogP contribution in [0.3, 0.4) is 0 Å². The average molecular weight is 361 g/mol. The Morgan fingerprint density at radius 3 is 1.92 bits per heavy atom. The second-order valence-electron chi connectivity index (χ2n) is 8.24. The fraction of sp³-hybridized carbons (Fsp3) is 0.360. The van der Waals surface area contributed by atoms with Gasteiger partial charge in [-0.25, -0.2) is 0 Å². The van der Waals surface area contributed by atoms with Gasteiger partial charge in [0.1, 0.15) is 0 Å². The summed E-state index contributed by atoms with van der Waals surface area (Å²) in [5, 5.41) is 2.83. The van der Waals surface area contributed by atoms with Gasteiger partial charge in [0.25, 0.3) is 0 Å². The first-order valence-corrected chi connectivity index (χ1v) is 9.98. The number of rotatable bonds is 0. The Bertz CT molecular complexity index is 1120. The van der Waals surface area contributed by atoms with Gasteiger partial charge in [0.05, 0.1) is 0 Å². The summed E-state index contributed by atoms with van der Waals surface area (Å²) in [6.07, 6.45) is 0. The third-order valence-electron chi connectivity index (χ3n) is 7.05. The van der Waals surface area contributed by atoms with Crippen LogP contribution >= 0.6 is 12.6 Å². The van der Waals surface area contributed by atoms with Crippen LogP contribution in [0.2, 0.25) is 0 Å². The smallest absolute Gasteiger partial charge is 0.0105 e. The minimum atomic E-state index is 0.427. The van der Waals surface area contributed by atoms with Crippen molar-refractivity contribution in [1.29, 1.82) is 0 Å². The molecule has 1 aliphatic rings. The molecule has 0 aromatic heterocycles. The van der Waals surface area contributed by atoms with E-state index < -0.39 is 0 Å². The number of benzene rings is 3. The number of hydrogen-bond acceptors (Lipinski definition) is 1. The fourth-order valence-corrected chi connectivity index (χ4v) is 5.42. The van der Waals surface area contributed by atoms with Gasteiger partial charge in [-0.1, -0.05) is 13.0 Å². The third kappa shape index (κ3) is 2.04. The van der Waals surface area contributed by atoms with Gasteiger partial charge in [0, 0.05) is 10.8 Å². The topological polar surface area (TPSA) is 0 Å². The highest BCUT2D eigenvalue weighted by molar-refractivity contribution is 7.80.